The van der Waals surface area contributed by atoms with Crippen LogP contribution in [0.1, 0.15) is 68.6 Å². The lowest BCUT2D eigenvalue weighted by Crippen LogP contribution is -2.16. The maximum atomic E-state index is 4.16. The molecule has 0 amide bonds. The topological polar surface area (TPSA) is 12.0 Å². The molecule has 0 bridgehead atoms. The summed E-state index contributed by atoms with van der Waals surface area (Å²) in [6, 6.07) is 7.01. The summed E-state index contributed by atoms with van der Waals surface area (Å²) in [6.07, 6.45) is 13.1. The van der Waals surface area contributed by atoms with Crippen LogP contribution in [-0.4, -0.2) is 6.54 Å². The summed E-state index contributed by atoms with van der Waals surface area (Å²) in [6.45, 7) is 15.1. The van der Waals surface area contributed by atoms with Gasteiger partial charge in [-0.05, 0) is 61.6 Å². The Morgan fingerprint density at radius 2 is 2.00 bits per heavy atom. The fraction of sp³-hybridized carbons (Fsp3) is 0.500. The highest BCUT2D eigenvalue weighted by Crippen LogP contribution is 2.29. The summed E-state index contributed by atoms with van der Waals surface area (Å²) >= 11 is 0. The zero-order chi connectivity index (χ0) is 18.1. The van der Waals surface area contributed by atoms with Gasteiger partial charge in [-0.1, -0.05) is 68.7 Å². The van der Waals surface area contributed by atoms with Crippen LogP contribution in [0.15, 0.2) is 49.7 Å². The van der Waals surface area contributed by atoms with Crippen molar-refractivity contribution in [3.05, 3.63) is 66.4 Å². The van der Waals surface area contributed by atoms with Gasteiger partial charge in [-0.3, -0.25) is 0 Å². The Morgan fingerprint density at radius 1 is 1.24 bits per heavy atom. The molecule has 0 spiro atoms. The van der Waals surface area contributed by atoms with Crippen LogP contribution in [0.3, 0.4) is 0 Å². The second-order valence-electron chi connectivity index (χ2n) is 7.59. The van der Waals surface area contributed by atoms with Gasteiger partial charge in [0.15, 0.2) is 0 Å². The standard InChI is InChI=1S/C24H35N/c1-5-6-7-10-20(4)25-16-15-23-18-22(13-14-24(23)19(2)3)17-21-11-8-9-12-21/h5,13-14,18,21,25H,1-2,4,6-12,15-17H2,3H3. The lowest BCUT2D eigenvalue weighted by atomic mass is 9.92. The van der Waals surface area contributed by atoms with Crippen molar-refractivity contribution in [3.63, 3.8) is 0 Å². The largest absolute Gasteiger partial charge is 0.388 e. The summed E-state index contributed by atoms with van der Waals surface area (Å²) in [7, 11) is 0. The van der Waals surface area contributed by atoms with E-state index in [-0.39, 0.29) is 0 Å². The molecule has 1 fully saturated rings. The molecule has 0 radical (unpaired) electrons. The van der Waals surface area contributed by atoms with Crippen LogP contribution in [0.25, 0.3) is 5.57 Å². The van der Waals surface area contributed by atoms with Crippen molar-refractivity contribution in [2.75, 3.05) is 6.54 Å². The Kier molecular flexibility index (Phi) is 8.04. The van der Waals surface area contributed by atoms with E-state index in [1.54, 1.807) is 0 Å². The van der Waals surface area contributed by atoms with E-state index < -0.39 is 0 Å². The molecule has 1 aliphatic carbocycles. The summed E-state index contributed by atoms with van der Waals surface area (Å²) in [5.74, 6) is 0.895. The van der Waals surface area contributed by atoms with E-state index in [0.717, 1.165) is 49.4 Å². The van der Waals surface area contributed by atoms with E-state index >= 15 is 0 Å². The van der Waals surface area contributed by atoms with Gasteiger partial charge in [0.2, 0.25) is 0 Å². The second-order valence-corrected chi connectivity index (χ2v) is 7.59. The van der Waals surface area contributed by atoms with Gasteiger partial charge in [0.05, 0.1) is 0 Å². The molecule has 25 heavy (non-hydrogen) atoms. The van der Waals surface area contributed by atoms with E-state index in [1.807, 2.05) is 6.08 Å². The molecule has 0 heterocycles. The number of hydrogen-bond donors (Lipinski definition) is 1. The Bertz CT molecular complexity index is 590. The quantitative estimate of drug-likeness (QED) is 0.361. The summed E-state index contributed by atoms with van der Waals surface area (Å²) in [5, 5.41) is 3.49. The number of rotatable bonds is 11. The lowest BCUT2D eigenvalue weighted by Gasteiger charge is -2.15. The fourth-order valence-corrected chi connectivity index (χ4v) is 3.87. The highest BCUT2D eigenvalue weighted by molar-refractivity contribution is 5.65. The molecule has 1 heteroatoms. The summed E-state index contributed by atoms with van der Waals surface area (Å²) in [5.41, 5.74) is 6.54. The third-order valence-electron chi connectivity index (χ3n) is 5.28. The SMILES string of the molecule is C=CCCCC(=C)NCCc1cc(CC2CCCC2)ccc1C(=C)C. The van der Waals surface area contributed by atoms with Crippen molar-refractivity contribution in [1.29, 1.82) is 0 Å². The number of allylic oxidation sites excluding steroid dienone is 3. The Hall–Kier alpha value is -1.76. The van der Waals surface area contributed by atoms with Crippen LogP contribution in [0.5, 0.6) is 0 Å². The monoisotopic (exact) mass is 337 g/mol. The molecule has 0 atom stereocenters. The van der Waals surface area contributed by atoms with Gasteiger partial charge in [-0.15, -0.1) is 6.58 Å². The molecule has 136 valence electrons. The molecular formula is C24H35N. The molecule has 1 aliphatic rings. The van der Waals surface area contributed by atoms with E-state index in [0.29, 0.717) is 0 Å². The van der Waals surface area contributed by atoms with E-state index in [2.05, 4.69) is 50.2 Å². The average Bonchev–Trinajstić information content (AvgIpc) is 3.08. The van der Waals surface area contributed by atoms with Gasteiger partial charge in [0.1, 0.15) is 0 Å². The third-order valence-corrected chi connectivity index (χ3v) is 5.28. The van der Waals surface area contributed by atoms with Gasteiger partial charge in [-0.25, -0.2) is 0 Å². The van der Waals surface area contributed by atoms with Crippen molar-refractivity contribution < 1.29 is 0 Å². The van der Waals surface area contributed by atoms with E-state index in [1.165, 1.54) is 48.8 Å². The molecule has 1 nitrogen and oxygen atoms in total. The van der Waals surface area contributed by atoms with Crippen molar-refractivity contribution in [1.82, 2.24) is 5.32 Å². The number of hydrogen-bond acceptors (Lipinski definition) is 1. The van der Waals surface area contributed by atoms with Crippen LogP contribution in [-0.2, 0) is 12.8 Å². The average molecular weight is 338 g/mol. The van der Waals surface area contributed by atoms with Gasteiger partial charge < -0.3 is 5.32 Å². The Labute approximate surface area is 154 Å². The minimum atomic E-state index is 0.895. The summed E-state index contributed by atoms with van der Waals surface area (Å²) in [4.78, 5) is 0. The zero-order valence-electron chi connectivity index (χ0n) is 16.1. The highest BCUT2D eigenvalue weighted by Gasteiger charge is 2.16. The van der Waals surface area contributed by atoms with Gasteiger partial charge >= 0.3 is 0 Å². The molecule has 0 aliphatic heterocycles. The zero-order valence-corrected chi connectivity index (χ0v) is 16.1. The van der Waals surface area contributed by atoms with Crippen molar-refractivity contribution >= 4 is 5.57 Å². The van der Waals surface area contributed by atoms with Gasteiger partial charge in [0.25, 0.3) is 0 Å². The van der Waals surface area contributed by atoms with E-state index in [4.69, 9.17) is 0 Å². The smallest absolute Gasteiger partial charge is 0.0184 e. The first-order valence-electron chi connectivity index (χ1n) is 9.90. The Balaban J connectivity index is 1.92. The molecule has 0 unspecified atom stereocenters. The Morgan fingerprint density at radius 3 is 2.68 bits per heavy atom. The number of unbranched alkanes of at least 4 members (excludes halogenated alkanes) is 1. The maximum Gasteiger partial charge on any atom is 0.0184 e. The molecule has 2 rings (SSSR count). The molecule has 0 saturated heterocycles. The summed E-state index contributed by atoms with van der Waals surface area (Å²) < 4.78 is 0. The first-order chi connectivity index (χ1) is 12.1. The van der Waals surface area contributed by atoms with E-state index in [9.17, 15) is 0 Å². The first kappa shape index (κ1) is 19.6. The van der Waals surface area contributed by atoms with Crippen molar-refractivity contribution in [3.8, 4) is 0 Å². The normalized spacial score (nSPS) is 14.4. The van der Waals surface area contributed by atoms with Crippen LogP contribution in [0.2, 0.25) is 0 Å². The lowest BCUT2D eigenvalue weighted by molar-refractivity contribution is 0.546. The van der Waals surface area contributed by atoms with Gasteiger partial charge in [0, 0.05) is 12.2 Å². The molecule has 1 aromatic carbocycles. The number of benzene rings is 1. The van der Waals surface area contributed by atoms with Crippen molar-refractivity contribution in [2.45, 2.75) is 64.7 Å². The van der Waals surface area contributed by atoms with Crippen LogP contribution >= 0.6 is 0 Å². The molecule has 1 aromatic rings. The second kappa shape index (κ2) is 10.3. The molecule has 1 saturated carbocycles. The fourth-order valence-electron chi connectivity index (χ4n) is 3.87. The molecular weight excluding hydrogens is 302 g/mol. The predicted octanol–water partition coefficient (Wildman–Crippen LogP) is 6.45. The number of nitrogens with one attached hydrogen (secondary N) is 1. The first-order valence-corrected chi connectivity index (χ1v) is 9.90. The van der Waals surface area contributed by atoms with Crippen LogP contribution in [0.4, 0.5) is 0 Å². The maximum absolute atomic E-state index is 4.16. The third kappa shape index (κ3) is 6.57. The van der Waals surface area contributed by atoms with Crippen LogP contribution < -0.4 is 5.32 Å². The predicted molar refractivity (Wildman–Crippen MR) is 112 cm³/mol. The highest BCUT2D eigenvalue weighted by atomic mass is 14.9. The molecule has 1 N–H and O–H groups in total. The minimum absolute atomic E-state index is 0.895. The van der Waals surface area contributed by atoms with Crippen LogP contribution in [0, 0.1) is 5.92 Å². The van der Waals surface area contributed by atoms with Gasteiger partial charge in [-0.2, -0.15) is 0 Å². The minimum Gasteiger partial charge on any atom is -0.388 e. The van der Waals surface area contributed by atoms with Crippen molar-refractivity contribution in [2.24, 2.45) is 5.92 Å². The molecule has 0 aromatic heterocycles.